The van der Waals surface area contributed by atoms with Crippen LogP contribution in [0.3, 0.4) is 0 Å². The molecule has 32 heavy (non-hydrogen) atoms. The van der Waals surface area contributed by atoms with E-state index >= 15 is 0 Å². The number of ether oxygens (including phenoxy) is 1. The molecule has 0 radical (unpaired) electrons. The van der Waals surface area contributed by atoms with Crippen molar-refractivity contribution >= 4 is 17.5 Å². The molecule has 6 nitrogen and oxygen atoms in total. The van der Waals surface area contributed by atoms with E-state index in [1.54, 1.807) is 19.1 Å². The fourth-order valence-electron chi connectivity index (χ4n) is 4.86. The van der Waals surface area contributed by atoms with Crippen molar-refractivity contribution in [2.75, 3.05) is 0 Å². The summed E-state index contributed by atoms with van der Waals surface area (Å²) < 4.78 is 11.5. The third-order valence-corrected chi connectivity index (χ3v) is 6.58. The molecule has 5 rings (SSSR count). The Morgan fingerprint density at radius 1 is 1.09 bits per heavy atom. The Labute approximate surface area is 184 Å². The molecule has 1 heterocycles. The number of phenols is 1. The number of Topliss-reactive ketones (excluding diaryl/α,β-unsaturated/α-hetero) is 2. The van der Waals surface area contributed by atoms with Crippen LogP contribution >= 0.6 is 0 Å². The topological polar surface area (TPSA) is 93.8 Å². The standard InChI is InChI=1S/C26H22O6/c1-13-12-31-24-15-8-9-16-21(20(15)23(29)22(28)19(13)24)18(10-11-26(16,2)3)32-25(30)14-6-4-5-7-17(14)27/h4-9,12,18,27H,10-11H2,1-3H3. The van der Waals surface area contributed by atoms with Crippen molar-refractivity contribution in [3.63, 3.8) is 0 Å². The first kappa shape index (κ1) is 20.2. The lowest BCUT2D eigenvalue weighted by atomic mass is 9.68. The van der Waals surface area contributed by atoms with Crippen molar-refractivity contribution in [1.29, 1.82) is 0 Å². The van der Waals surface area contributed by atoms with Crippen LogP contribution in [0.15, 0.2) is 47.1 Å². The highest BCUT2D eigenvalue weighted by Crippen LogP contribution is 2.49. The van der Waals surface area contributed by atoms with Crippen molar-refractivity contribution in [3.05, 3.63) is 76.0 Å². The van der Waals surface area contributed by atoms with Crippen LogP contribution in [0.1, 0.15) is 80.6 Å². The zero-order valence-corrected chi connectivity index (χ0v) is 18.0. The Bertz CT molecular complexity index is 1310. The average molecular weight is 430 g/mol. The molecule has 162 valence electrons. The van der Waals surface area contributed by atoms with Crippen LogP contribution in [-0.2, 0) is 10.2 Å². The van der Waals surface area contributed by atoms with Crippen LogP contribution in [0.2, 0.25) is 0 Å². The molecule has 6 heteroatoms. The van der Waals surface area contributed by atoms with Crippen molar-refractivity contribution < 1.29 is 28.6 Å². The predicted octanol–water partition coefficient (Wildman–Crippen LogP) is 5.31. The lowest BCUT2D eigenvalue weighted by molar-refractivity contribution is 0.0223. The number of hydrogen-bond acceptors (Lipinski definition) is 6. The molecule has 0 bridgehead atoms. The minimum absolute atomic E-state index is 0.0510. The second kappa shape index (κ2) is 6.92. The minimum Gasteiger partial charge on any atom is -0.507 e. The molecule has 2 aromatic carbocycles. The van der Waals surface area contributed by atoms with Gasteiger partial charge in [0.2, 0.25) is 11.6 Å². The Morgan fingerprint density at radius 3 is 2.56 bits per heavy atom. The molecule has 1 atom stereocenters. The third kappa shape index (κ3) is 2.83. The Kier molecular flexibility index (Phi) is 4.38. The molecule has 1 aromatic heterocycles. The Morgan fingerprint density at radius 2 is 1.81 bits per heavy atom. The molecule has 3 aromatic rings. The predicted molar refractivity (Wildman–Crippen MR) is 116 cm³/mol. The van der Waals surface area contributed by atoms with Crippen molar-refractivity contribution in [2.24, 2.45) is 0 Å². The number of carbonyl (C=O) groups is 3. The summed E-state index contributed by atoms with van der Waals surface area (Å²) in [6, 6.07) is 9.90. The summed E-state index contributed by atoms with van der Waals surface area (Å²) >= 11 is 0. The molecule has 0 saturated heterocycles. The highest BCUT2D eigenvalue weighted by atomic mass is 16.5. The first-order valence-corrected chi connectivity index (χ1v) is 10.5. The minimum atomic E-state index is -0.727. The number of hydrogen-bond donors (Lipinski definition) is 1. The van der Waals surface area contributed by atoms with Gasteiger partial charge in [0.15, 0.2) is 0 Å². The molecular formula is C26H22O6. The van der Waals surface area contributed by atoms with Crippen LogP contribution in [0.5, 0.6) is 5.75 Å². The number of rotatable bonds is 2. The lowest BCUT2D eigenvalue weighted by Gasteiger charge is -2.38. The summed E-state index contributed by atoms with van der Waals surface area (Å²) in [7, 11) is 0. The van der Waals surface area contributed by atoms with E-state index in [-0.39, 0.29) is 22.3 Å². The van der Waals surface area contributed by atoms with Gasteiger partial charge in [-0.05, 0) is 48.4 Å². The smallest absolute Gasteiger partial charge is 0.342 e. The number of furan rings is 1. The number of aryl methyl sites for hydroxylation is 1. The normalized spacial score (nSPS) is 18.5. The fraction of sp³-hybridized carbons (Fsp3) is 0.269. The van der Waals surface area contributed by atoms with Crippen LogP contribution in [0.25, 0.3) is 11.3 Å². The molecule has 1 unspecified atom stereocenters. The number of esters is 1. The van der Waals surface area contributed by atoms with Gasteiger partial charge < -0.3 is 14.3 Å². The number of fused-ring (bicyclic) bond motifs is 5. The van der Waals surface area contributed by atoms with Gasteiger partial charge in [-0.3, -0.25) is 9.59 Å². The molecule has 0 amide bonds. The largest absolute Gasteiger partial charge is 0.507 e. The van der Waals surface area contributed by atoms with E-state index in [1.807, 2.05) is 12.1 Å². The highest BCUT2D eigenvalue weighted by molar-refractivity contribution is 6.53. The van der Waals surface area contributed by atoms with E-state index in [1.165, 1.54) is 18.4 Å². The average Bonchev–Trinajstić information content (AvgIpc) is 3.15. The van der Waals surface area contributed by atoms with Gasteiger partial charge in [-0.25, -0.2) is 4.79 Å². The van der Waals surface area contributed by atoms with Gasteiger partial charge in [-0.1, -0.05) is 38.1 Å². The summed E-state index contributed by atoms with van der Waals surface area (Å²) in [5.74, 6) is -1.71. The van der Waals surface area contributed by atoms with Crippen LogP contribution in [0.4, 0.5) is 0 Å². The highest BCUT2D eigenvalue weighted by Gasteiger charge is 2.43. The molecule has 0 saturated carbocycles. The van der Waals surface area contributed by atoms with E-state index in [2.05, 4.69) is 13.8 Å². The maximum Gasteiger partial charge on any atom is 0.342 e. The molecule has 0 fully saturated rings. The lowest BCUT2D eigenvalue weighted by Crippen LogP contribution is -2.33. The van der Waals surface area contributed by atoms with E-state index in [0.717, 1.165) is 12.0 Å². The molecule has 2 aliphatic rings. The second-order valence-corrected chi connectivity index (χ2v) is 9.06. The first-order chi connectivity index (χ1) is 15.2. The molecular weight excluding hydrogens is 408 g/mol. The van der Waals surface area contributed by atoms with Gasteiger partial charge in [0, 0.05) is 16.7 Å². The maximum absolute atomic E-state index is 13.3. The number of phenolic OH excluding ortho intramolecular Hbond substituents is 1. The van der Waals surface area contributed by atoms with Crippen LogP contribution < -0.4 is 0 Å². The van der Waals surface area contributed by atoms with Gasteiger partial charge >= 0.3 is 5.97 Å². The number of para-hydroxylation sites is 1. The fourth-order valence-corrected chi connectivity index (χ4v) is 4.86. The van der Waals surface area contributed by atoms with E-state index < -0.39 is 23.6 Å². The van der Waals surface area contributed by atoms with Gasteiger partial charge in [-0.2, -0.15) is 0 Å². The first-order valence-electron chi connectivity index (χ1n) is 10.5. The van der Waals surface area contributed by atoms with E-state index in [4.69, 9.17) is 9.15 Å². The summed E-state index contributed by atoms with van der Waals surface area (Å²) in [5.41, 5.74) is 2.89. The van der Waals surface area contributed by atoms with Crippen molar-refractivity contribution in [1.82, 2.24) is 0 Å². The third-order valence-electron chi connectivity index (χ3n) is 6.58. The van der Waals surface area contributed by atoms with Gasteiger partial charge in [0.25, 0.3) is 0 Å². The van der Waals surface area contributed by atoms with Gasteiger partial charge in [0.05, 0.1) is 11.8 Å². The zero-order valence-electron chi connectivity index (χ0n) is 18.0. The van der Waals surface area contributed by atoms with Crippen molar-refractivity contribution in [2.45, 2.75) is 45.1 Å². The zero-order chi connectivity index (χ0) is 22.8. The number of aromatic hydroxyl groups is 1. The maximum atomic E-state index is 13.3. The number of carbonyl (C=O) groups excluding carboxylic acids is 3. The Hall–Kier alpha value is -3.67. The van der Waals surface area contributed by atoms with E-state index in [9.17, 15) is 19.5 Å². The van der Waals surface area contributed by atoms with Crippen LogP contribution in [0, 0.1) is 6.92 Å². The Balaban J connectivity index is 1.68. The second-order valence-electron chi connectivity index (χ2n) is 9.06. The monoisotopic (exact) mass is 430 g/mol. The van der Waals surface area contributed by atoms with Crippen LogP contribution in [-0.4, -0.2) is 22.6 Å². The summed E-state index contributed by atoms with van der Waals surface area (Å²) in [4.78, 5) is 39.1. The summed E-state index contributed by atoms with van der Waals surface area (Å²) in [6.07, 6.45) is 1.96. The number of benzene rings is 2. The summed E-state index contributed by atoms with van der Waals surface area (Å²) in [5, 5.41) is 10.1. The molecule has 0 spiro atoms. The molecule has 0 aliphatic heterocycles. The van der Waals surface area contributed by atoms with E-state index in [0.29, 0.717) is 34.4 Å². The quantitative estimate of drug-likeness (QED) is 0.437. The SMILES string of the molecule is Cc1coc2c1C(=O)C(=O)c1c-2ccc2c1C(OC(=O)c1ccccc1O)CCC2(C)C. The molecule has 2 aliphatic carbocycles. The number of ketones is 2. The molecule has 1 N–H and O–H groups in total. The van der Waals surface area contributed by atoms with Gasteiger partial charge in [0.1, 0.15) is 23.2 Å². The van der Waals surface area contributed by atoms with Crippen molar-refractivity contribution in [3.8, 4) is 17.1 Å². The summed E-state index contributed by atoms with van der Waals surface area (Å²) in [6.45, 7) is 5.87. The van der Waals surface area contributed by atoms with Gasteiger partial charge in [-0.15, -0.1) is 0 Å².